The van der Waals surface area contributed by atoms with Crippen molar-refractivity contribution in [1.29, 1.82) is 0 Å². The molecule has 134 valence electrons. The number of nitrogens with zero attached hydrogens (tertiary/aromatic N) is 2. The Bertz CT molecular complexity index is 1020. The van der Waals surface area contributed by atoms with E-state index in [1.807, 2.05) is 60.7 Å². The highest BCUT2D eigenvalue weighted by atomic mass is 32.1. The Balaban J connectivity index is 1.30. The zero-order valence-electron chi connectivity index (χ0n) is 14.3. The lowest BCUT2D eigenvalue weighted by Gasteiger charge is -2.07. The molecular weight excluding hydrogens is 360 g/mol. The number of amides is 2. The van der Waals surface area contributed by atoms with Crippen LogP contribution < -0.4 is 15.4 Å². The summed E-state index contributed by atoms with van der Waals surface area (Å²) in [5.41, 5.74) is 1.74. The molecule has 0 bridgehead atoms. The summed E-state index contributed by atoms with van der Waals surface area (Å²) in [5.74, 6) is 1.23. The van der Waals surface area contributed by atoms with Gasteiger partial charge in [0, 0.05) is 18.8 Å². The van der Waals surface area contributed by atoms with Gasteiger partial charge in [-0.1, -0.05) is 47.7 Å². The topological polar surface area (TPSA) is 76.1 Å². The third kappa shape index (κ3) is 4.39. The van der Waals surface area contributed by atoms with Gasteiger partial charge in [-0.3, -0.25) is 5.32 Å². The Labute approximate surface area is 159 Å². The quantitative estimate of drug-likeness (QED) is 0.524. The first-order valence-electron chi connectivity index (χ1n) is 8.34. The van der Waals surface area contributed by atoms with E-state index in [0.717, 1.165) is 21.5 Å². The zero-order valence-corrected chi connectivity index (χ0v) is 15.1. The summed E-state index contributed by atoms with van der Waals surface area (Å²) in [6.45, 7) is 0.356. The number of carbonyl (C=O) groups is 1. The Morgan fingerprint density at radius 3 is 2.59 bits per heavy atom. The van der Waals surface area contributed by atoms with Crippen molar-refractivity contribution in [2.24, 2.45) is 0 Å². The molecule has 0 atom stereocenters. The molecule has 2 aromatic heterocycles. The summed E-state index contributed by atoms with van der Waals surface area (Å²) in [6.07, 6.45) is 1.68. The van der Waals surface area contributed by atoms with Crippen LogP contribution in [0.3, 0.4) is 0 Å². The molecule has 0 aliphatic carbocycles. The minimum atomic E-state index is -0.307. The number of rotatable bonds is 5. The molecule has 7 heteroatoms. The number of para-hydroxylation sites is 2. The van der Waals surface area contributed by atoms with Gasteiger partial charge in [0.2, 0.25) is 5.88 Å². The van der Waals surface area contributed by atoms with Crippen molar-refractivity contribution in [3.05, 3.63) is 78.5 Å². The van der Waals surface area contributed by atoms with E-state index in [1.165, 1.54) is 11.3 Å². The van der Waals surface area contributed by atoms with E-state index in [1.54, 1.807) is 12.3 Å². The van der Waals surface area contributed by atoms with Gasteiger partial charge in [-0.05, 0) is 29.8 Å². The van der Waals surface area contributed by atoms with Crippen molar-refractivity contribution in [2.75, 3.05) is 5.32 Å². The highest BCUT2D eigenvalue weighted by Gasteiger charge is 2.07. The fourth-order valence-corrected chi connectivity index (χ4v) is 3.30. The molecule has 0 spiro atoms. The first-order chi connectivity index (χ1) is 13.3. The highest BCUT2D eigenvalue weighted by molar-refractivity contribution is 7.22. The smallest absolute Gasteiger partial charge is 0.321 e. The van der Waals surface area contributed by atoms with Gasteiger partial charge in [0.15, 0.2) is 5.13 Å². The molecule has 0 saturated carbocycles. The van der Waals surface area contributed by atoms with Crippen LogP contribution in [0.15, 0.2) is 72.9 Å². The number of benzene rings is 2. The van der Waals surface area contributed by atoms with E-state index in [9.17, 15) is 4.79 Å². The van der Waals surface area contributed by atoms with Crippen LogP contribution in [0, 0.1) is 0 Å². The monoisotopic (exact) mass is 376 g/mol. The van der Waals surface area contributed by atoms with Gasteiger partial charge in [-0.2, -0.15) is 0 Å². The van der Waals surface area contributed by atoms with E-state index in [-0.39, 0.29) is 6.03 Å². The van der Waals surface area contributed by atoms with Crippen LogP contribution in [-0.4, -0.2) is 16.0 Å². The molecule has 2 heterocycles. The van der Waals surface area contributed by atoms with Crippen molar-refractivity contribution in [3.8, 4) is 11.6 Å². The number of nitrogens with one attached hydrogen (secondary N) is 2. The van der Waals surface area contributed by atoms with Gasteiger partial charge in [0.25, 0.3) is 0 Å². The molecule has 0 unspecified atom stereocenters. The minimum Gasteiger partial charge on any atom is -0.439 e. The lowest BCUT2D eigenvalue weighted by atomic mass is 10.3. The second-order valence-corrected chi connectivity index (χ2v) is 6.74. The van der Waals surface area contributed by atoms with Crippen LogP contribution in [0.2, 0.25) is 0 Å². The Morgan fingerprint density at radius 1 is 1.00 bits per heavy atom. The lowest BCUT2D eigenvalue weighted by Crippen LogP contribution is -2.28. The number of hydrogen-bond donors (Lipinski definition) is 2. The molecular formula is C20H16N4O2S. The number of urea groups is 1. The SMILES string of the molecule is O=C(NCc1ccc(Oc2ccccc2)nc1)Nc1nc2ccccc2s1. The summed E-state index contributed by atoms with van der Waals surface area (Å²) in [6, 6.07) is 20.5. The predicted molar refractivity (Wildman–Crippen MR) is 106 cm³/mol. The Morgan fingerprint density at radius 2 is 1.81 bits per heavy atom. The number of pyridine rings is 1. The van der Waals surface area contributed by atoms with E-state index < -0.39 is 0 Å². The molecule has 27 heavy (non-hydrogen) atoms. The summed E-state index contributed by atoms with van der Waals surface area (Å²) in [7, 11) is 0. The molecule has 0 radical (unpaired) electrons. The third-order valence-corrected chi connectivity index (χ3v) is 4.68. The third-order valence-electron chi connectivity index (χ3n) is 3.73. The average molecular weight is 376 g/mol. The Hall–Kier alpha value is -3.45. The number of anilines is 1. The number of carbonyl (C=O) groups excluding carboxylic acids is 1. The minimum absolute atomic E-state index is 0.307. The summed E-state index contributed by atoms with van der Waals surface area (Å²) in [5, 5.41) is 6.12. The van der Waals surface area contributed by atoms with Crippen LogP contribution in [0.1, 0.15) is 5.56 Å². The highest BCUT2D eigenvalue weighted by Crippen LogP contribution is 2.25. The number of ether oxygens (including phenoxy) is 1. The fraction of sp³-hybridized carbons (Fsp3) is 0.0500. The predicted octanol–water partition coefficient (Wildman–Crippen LogP) is 4.81. The van der Waals surface area contributed by atoms with E-state index in [2.05, 4.69) is 20.6 Å². The maximum atomic E-state index is 12.1. The molecule has 0 saturated heterocycles. The van der Waals surface area contributed by atoms with Crippen molar-refractivity contribution in [1.82, 2.24) is 15.3 Å². The number of hydrogen-bond acceptors (Lipinski definition) is 5. The molecule has 0 aliphatic heterocycles. The van der Waals surface area contributed by atoms with Crippen molar-refractivity contribution >= 4 is 32.7 Å². The molecule has 2 amide bonds. The second kappa shape index (κ2) is 7.84. The van der Waals surface area contributed by atoms with E-state index in [0.29, 0.717) is 17.6 Å². The van der Waals surface area contributed by atoms with Gasteiger partial charge < -0.3 is 10.1 Å². The molecule has 4 aromatic rings. The van der Waals surface area contributed by atoms with Crippen molar-refractivity contribution in [2.45, 2.75) is 6.54 Å². The van der Waals surface area contributed by atoms with Crippen LogP contribution in [-0.2, 0) is 6.54 Å². The second-order valence-electron chi connectivity index (χ2n) is 5.71. The molecule has 0 fully saturated rings. The average Bonchev–Trinajstić information content (AvgIpc) is 3.10. The van der Waals surface area contributed by atoms with E-state index in [4.69, 9.17) is 4.74 Å². The summed E-state index contributed by atoms with van der Waals surface area (Å²) < 4.78 is 6.68. The van der Waals surface area contributed by atoms with Crippen molar-refractivity contribution < 1.29 is 9.53 Å². The standard InChI is InChI=1S/C20H16N4O2S/c25-19(24-20-23-16-8-4-5-9-17(16)27-20)22-13-14-10-11-18(21-12-14)26-15-6-2-1-3-7-15/h1-12H,13H2,(H2,22,23,24,25). The first-order valence-corrected chi connectivity index (χ1v) is 9.16. The molecule has 6 nitrogen and oxygen atoms in total. The maximum Gasteiger partial charge on any atom is 0.321 e. The van der Waals surface area contributed by atoms with Crippen LogP contribution in [0.4, 0.5) is 9.93 Å². The van der Waals surface area contributed by atoms with E-state index >= 15 is 0 Å². The van der Waals surface area contributed by atoms with Gasteiger partial charge >= 0.3 is 6.03 Å². The summed E-state index contributed by atoms with van der Waals surface area (Å²) in [4.78, 5) is 20.7. The van der Waals surface area contributed by atoms with Gasteiger partial charge in [0.05, 0.1) is 10.2 Å². The van der Waals surface area contributed by atoms with Crippen LogP contribution >= 0.6 is 11.3 Å². The Kier molecular flexibility index (Phi) is 4.93. The molecule has 2 aromatic carbocycles. The first kappa shape index (κ1) is 17.0. The lowest BCUT2D eigenvalue weighted by molar-refractivity contribution is 0.251. The van der Waals surface area contributed by atoms with Crippen LogP contribution in [0.5, 0.6) is 11.6 Å². The maximum absolute atomic E-state index is 12.1. The zero-order chi connectivity index (χ0) is 18.5. The van der Waals surface area contributed by atoms with Gasteiger partial charge in [-0.15, -0.1) is 0 Å². The molecule has 2 N–H and O–H groups in total. The number of thiazole rings is 1. The van der Waals surface area contributed by atoms with Gasteiger partial charge in [-0.25, -0.2) is 14.8 Å². The van der Waals surface area contributed by atoms with Crippen molar-refractivity contribution in [3.63, 3.8) is 0 Å². The molecule has 0 aliphatic rings. The molecule has 4 rings (SSSR count). The summed E-state index contributed by atoms with van der Waals surface area (Å²) >= 11 is 1.44. The number of aromatic nitrogens is 2. The van der Waals surface area contributed by atoms with Crippen LogP contribution in [0.25, 0.3) is 10.2 Å². The fourth-order valence-electron chi connectivity index (χ4n) is 2.43. The number of fused-ring (bicyclic) bond motifs is 1. The normalized spacial score (nSPS) is 10.5. The van der Waals surface area contributed by atoms with Gasteiger partial charge in [0.1, 0.15) is 5.75 Å². The largest absolute Gasteiger partial charge is 0.439 e.